The lowest BCUT2D eigenvalue weighted by atomic mass is 9.89. The number of halogens is 2. The Morgan fingerprint density at radius 1 is 1.25 bits per heavy atom. The first-order valence-corrected chi connectivity index (χ1v) is 7.11. The van der Waals surface area contributed by atoms with Crippen molar-refractivity contribution in [3.05, 3.63) is 29.8 Å². The summed E-state index contributed by atoms with van der Waals surface area (Å²) < 4.78 is 26.1. The number of urea groups is 1. The normalized spacial score (nSPS) is 27.6. The summed E-state index contributed by atoms with van der Waals surface area (Å²) in [7, 11) is 0. The van der Waals surface area contributed by atoms with Crippen molar-refractivity contribution < 1.29 is 13.6 Å². The molecule has 0 radical (unpaired) electrons. The van der Waals surface area contributed by atoms with Crippen LogP contribution in [0.2, 0.25) is 0 Å². The van der Waals surface area contributed by atoms with Gasteiger partial charge in [-0.3, -0.25) is 0 Å². The predicted molar refractivity (Wildman–Crippen MR) is 72.3 cm³/mol. The van der Waals surface area contributed by atoms with Gasteiger partial charge in [-0.25, -0.2) is 13.6 Å². The Hall–Kier alpha value is -1.65. The van der Waals surface area contributed by atoms with Crippen LogP contribution in [-0.4, -0.2) is 12.6 Å². The highest BCUT2D eigenvalue weighted by molar-refractivity contribution is 5.89. The highest BCUT2D eigenvalue weighted by Crippen LogP contribution is 2.47. The van der Waals surface area contributed by atoms with Crippen molar-refractivity contribution in [2.45, 2.75) is 25.7 Å². The van der Waals surface area contributed by atoms with Crippen LogP contribution >= 0.6 is 0 Å². The fourth-order valence-corrected chi connectivity index (χ4v) is 3.61. The maximum absolute atomic E-state index is 13.4. The van der Waals surface area contributed by atoms with E-state index in [1.54, 1.807) is 0 Å². The number of benzene rings is 1. The van der Waals surface area contributed by atoms with Crippen molar-refractivity contribution in [3.63, 3.8) is 0 Å². The van der Waals surface area contributed by atoms with Crippen molar-refractivity contribution in [2.24, 2.45) is 17.8 Å². The largest absolute Gasteiger partial charge is 0.338 e. The van der Waals surface area contributed by atoms with E-state index in [0.29, 0.717) is 12.5 Å². The molecular weight excluding hydrogens is 262 g/mol. The van der Waals surface area contributed by atoms with E-state index in [4.69, 9.17) is 0 Å². The predicted octanol–water partition coefficient (Wildman–Crippen LogP) is 3.52. The number of amides is 2. The van der Waals surface area contributed by atoms with Crippen LogP contribution in [0.1, 0.15) is 25.7 Å². The third-order valence-electron chi connectivity index (χ3n) is 4.59. The monoisotopic (exact) mass is 280 g/mol. The second-order valence-electron chi connectivity index (χ2n) is 5.89. The van der Waals surface area contributed by atoms with Gasteiger partial charge in [-0.15, -0.1) is 0 Å². The van der Waals surface area contributed by atoms with Gasteiger partial charge in [-0.2, -0.15) is 0 Å². The lowest BCUT2D eigenvalue weighted by Gasteiger charge is -2.21. The van der Waals surface area contributed by atoms with Crippen LogP contribution in [0.4, 0.5) is 19.3 Å². The van der Waals surface area contributed by atoms with Crippen LogP contribution in [-0.2, 0) is 0 Å². The molecule has 3 nitrogen and oxygen atoms in total. The maximum atomic E-state index is 13.4. The van der Waals surface area contributed by atoms with E-state index >= 15 is 0 Å². The highest BCUT2D eigenvalue weighted by atomic mass is 19.1. The van der Waals surface area contributed by atoms with Gasteiger partial charge in [-0.05, 0) is 49.1 Å². The number of carbonyl (C=O) groups excluding carboxylic acids is 1. The molecule has 0 unspecified atom stereocenters. The molecule has 2 N–H and O–H groups in total. The summed E-state index contributed by atoms with van der Waals surface area (Å²) in [5.41, 5.74) is -0.00292. The molecular formula is C15H18F2N2O. The molecule has 1 aromatic carbocycles. The second-order valence-corrected chi connectivity index (χ2v) is 5.89. The van der Waals surface area contributed by atoms with E-state index in [9.17, 15) is 13.6 Å². The van der Waals surface area contributed by atoms with Crippen LogP contribution in [0.25, 0.3) is 0 Å². The summed E-state index contributed by atoms with van der Waals surface area (Å²) in [6, 6.07) is 2.67. The smallest absolute Gasteiger partial charge is 0.319 e. The average Bonchev–Trinajstić information content (AvgIpc) is 3.02. The molecule has 0 heterocycles. The van der Waals surface area contributed by atoms with Crippen molar-refractivity contribution in [1.82, 2.24) is 5.32 Å². The molecule has 1 aromatic rings. The van der Waals surface area contributed by atoms with E-state index in [1.165, 1.54) is 31.7 Å². The minimum absolute atomic E-state index is 0.00292. The van der Waals surface area contributed by atoms with Crippen LogP contribution in [0.3, 0.4) is 0 Å². The molecule has 2 saturated carbocycles. The fraction of sp³-hybridized carbons (Fsp3) is 0.533. The van der Waals surface area contributed by atoms with Gasteiger partial charge in [0.2, 0.25) is 0 Å². The summed E-state index contributed by atoms with van der Waals surface area (Å²) in [6.45, 7) is 0.635. The van der Waals surface area contributed by atoms with E-state index < -0.39 is 17.7 Å². The topological polar surface area (TPSA) is 41.1 Å². The van der Waals surface area contributed by atoms with Crippen LogP contribution < -0.4 is 10.6 Å². The molecule has 0 saturated heterocycles. The Morgan fingerprint density at radius 3 is 2.75 bits per heavy atom. The Labute approximate surface area is 116 Å². The quantitative estimate of drug-likeness (QED) is 0.874. The number of hydrogen-bond acceptors (Lipinski definition) is 1. The van der Waals surface area contributed by atoms with Crippen LogP contribution in [0.5, 0.6) is 0 Å². The van der Waals surface area contributed by atoms with Gasteiger partial charge in [0, 0.05) is 12.6 Å². The van der Waals surface area contributed by atoms with Crippen LogP contribution in [0, 0.1) is 29.4 Å². The van der Waals surface area contributed by atoms with Crippen molar-refractivity contribution >= 4 is 11.7 Å². The Kier molecular flexibility index (Phi) is 3.59. The van der Waals surface area contributed by atoms with Crippen LogP contribution in [0.15, 0.2) is 18.2 Å². The molecule has 5 heteroatoms. The summed E-state index contributed by atoms with van der Waals surface area (Å²) in [5.74, 6) is 0.709. The fourth-order valence-electron chi connectivity index (χ4n) is 3.61. The molecule has 2 amide bonds. The minimum atomic E-state index is -0.764. The molecule has 2 fully saturated rings. The summed E-state index contributed by atoms with van der Waals surface area (Å²) in [6.07, 6.45) is 5.08. The summed E-state index contributed by atoms with van der Waals surface area (Å²) >= 11 is 0. The molecule has 0 aliphatic heterocycles. The second kappa shape index (κ2) is 5.38. The van der Waals surface area contributed by atoms with Crippen molar-refractivity contribution in [2.75, 3.05) is 11.9 Å². The SMILES string of the molecule is O=C(NC[C@H]1C[C@@H]2CC[C@@H]1C2)Nc1ccc(F)cc1F. The molecule has 3 rings (SSSR count). The zero-order valence-electron chi connectivity index (χ0n) is 11.2. The number of fused-ring (bicyclic) bond motifs is 2. The van der Waals surface area contributed by atoms with E-state index in [0.717, 1.165) is 24.0 Å². The molecule has 108 valence electrons. The summed E-state index contributed by atoms with van der Waals surface area (Å²) in [5, 5.41) is 5.20. The van der Waals surface area contributed by atoms with Gasteiger partial charge >= 0.3 is 6.03 Å². The highest BCUT2D eigenvalue weighted by Gasteiger charge is 2.39. The van der Waals surface area contributed by atoms with Gasteiger partial charge in [0.1, 0.15) is 11.6 Å². The first-order valence-electron chi connectivity index (χ1n) is 7.11. The Morgan fingerprint density at radius 2 is 2.10 bits per heavy atom. The van der Waals surface area contributed by atoms with Gasteiger partial charge in [0.05, 0.1) is 5.69 Å². The van der Waals surface area contributed by atoms with Gasteiger partial charge in [0.15, 0.2) is 0 Å². The first kappa shape index (κ1) is 13.3. The average molecular weight is 280 g/mol. The Balaban J connectivity index is 1.50. The number of nitrogens with one attached hydrogen (secondary N) is 2. The lowest BCUT2D eigenvalue weighted by molar-refractivity contribution is 0.245. The molecule has 2 bridgehead atoms. The van der Waals surface area contributed by atoms with Gasteiger partial charge in [0.25, 0.3) is 0 Å². The molecule has 2 aliphatic carbocycles. The zero-order chi connectivity index (χ0) is 14.1. The van der Waals surface area contributed by atoms with E-state index in [2.05, 4.69) is 10.6 Å². The standard InChI is InChI=1S/C15H18F2N2O/c16-12-3-4-14(13(17)7-12)19-15(20)18-8-11-6-9-1-2-10(11)5-9/h3-4,7,9-11H,1-2,5-6,8H2,(H2,18,19,20)/t9-,10-,11-/m1/s1. The zero-order valence-corrected chi connectivity index (χ0v) is 11.2. The lowest BCUT2D eigenvalue weighted by Crippen LogP contribution is -2.34. The van der Waals surface area contributed by atoms with E-state index in [1.807, 2.05) is 0 Å². The minimum Gasteiger partial charge on any atom is -0.338 e. The van der Waals surface area contributed by atoms with Crippen molar-refractivity contribution in [3.8, 4) is 0 Å². The Bertz CT molecular complexity index is 521. The summed E-state index contributed by atoms with van der Waals surface area (Å²) in [4.78, 5) is 11.7. The third kappa shape index (κ3) is 2.76. The molecule has 0 spiro atoms. The van der Waals surface area contributed by atoms with Crippen molar-refractivity contribution in [1.29, 1.82) is 0 Å². The first-order chi connectivity index (χ1) is 9.61. The molecule has 20 heavy (non-hydrogen) atoms. The number of carbonyl (C=O) groups is 1. The molecule has 0 aromatic heterocycles. The maximum Gasteiger partial charge on any atom is 0.319 e. The number of anilines is 1. The molecule has 2 aliphatic rings. The van der Waals surface area contributed by atoms with Gasteiger partial charge in [-0.1, -0.05) is 6.42 Å². The number of hydrogen-bond donors (Lipinski definition) is 2. The molecule has 3 atom stereocenters. The third-order valence-corrected chi connectivity index (χ3v) is 4.59. The van der Waals surface area contributed by atoms with E-state index in [-0.39, 0.29) is 5.69 Å². The van der Waals surface area contributed by atoms with Gasteiger partial charge < -0.3 is 10.6 Å². The number of rotatable bonds is 3.